The molecule has 7 nitrogen and oxygen atoms in total. The van der Waals surface area contributed by atoms with E-state index < -0.39 is 11.9 Å². The van der Waals surface area contributed by atoms with Crippen molar-refractivity contribution in [2.24, 2.45) is 0 Å². The van der Waals surface area contributed by atoms with Crippen LogP contribution in [-0.2, 0) is 11.3 Å². The van der Waals surface area contributed by atoms with E-state index in [2.05, 4.69) is 14.7 Å². The van der Waals surface area contributed by atoms with Gasteiger partial charge in [0.2, 0.25) is 0 Å². The van der Waals surface area contributed by atoms with Gasteiger partial charge in [0.15, 0.2) is 0 Å². The second kappa shape index (κ2) is 6.47. The molecule has 0 atom stereocenters. The van der Waals surface area contributed by atoms with E-state index in [1.165, 1.54) is 31.6 Å². The Hall–Kier alpha value is -2.96. The molecule has 0 amide bonds. The van der Waals surface area contributed by atoms with Gasteiger partial charge in [-0.25, -0.2) is 14.6 Å². The lowest BCUT2D eigenvalue weighted by Crippen LogP contribution is -2.04. The topological polar surface area (TPSA) is 98.6 Å². The van der Waals surface area contributed by atoms with Crippen LogP contribution in [0, 0.1) is 0 Å². The number of methoxy groups -OCH3 is 1. The molecule has 2 rings (SSSR count). The van der Waals surface area contributed by atoms with Gasteiger partial charge in [-0.05, 0) is 24.3 Å². The van der Waals surface area contributed by atoms with Gasteiger partial charge in [-0.3, -0.25) is 4.98 Å². The summed E-state index contributed by atoms with van der Waals surface area (Å²) in [5, 5.41) is 8.72. The zero-order valence-electron chi connectivity index (χ0n) is 11.1. The Labute approximate surface area is 120 Å². The van der Waals surface area contributed by atoms with Gasteiger partial charge >= 0.3 is 11.9 Å². The summed E-state index contributed by atoms with van der Waals surface area (Å²) >= 11 is 0. The van der Waals surface area contributed by atoms with Crippen LogP contribution in [0.25, 0.3) is 0 Å². The molecule has 2 aromatic heterocycles. The number of ether oxygens (including phenoxy) is 2. The first-order valence-corrected chi connectivity index (χ1v) is 5.95. The number of aromatic carboxylic acids is 1. The molecule has 1 N–H and O–H groups in total. The number of rotatable bonds is 5. The number of carbonyl (C=O) groups excluding carboxylic acids is 1. The maximum absolute atomic E-state index is 11.2. The summed E-state index contributed by atoms with van der Waals surface area (Å²) < 4.78 is 9.99. The molecule has 0 aliphatic carbocycles. The lowest BCUT2D eigenvalue weighted by molar-refractivity contribution is 0.0599. The zero-order chi connectivity index (χ0) is 15.2. The van der Waals surface area contributed by atoms with Crippen molar-refractivity contribution in [3.05, 3.63) is 53.6 Å². The maximum Gasteiger partial charge on any atom is 0.354 e. The third-order valence-corrected chi connectivity index (χ3v) is 2.59. The van der Waals surface area contributed by atoms with Crippen LogP contribution in [0.5, 0.6) is 5.75 Å². The molecule has 2 heterocycles. The molecule has 0 spiro atoms. The largest absolute Gasteiger partial charge is 0.486 e. The highest BCUT2D eigenvalue weighted by molar-refractivity contribution is 5.88. The van der Waals surface area contributed by atoms with Gasteiger partial charge in [-0.1, -0.05) is 0 Å². The lowest BCUT2D eigenvalue weighted by Gasteiger charge is -2.06. The van der Waals surface area contributed by atoms with Crippen molar-refractivity contribution >= 4 is 11.9 Å². The fraction of sp³-hybridized carbons (Fsp3) is 0.143. The molecule has 0 saturated heterocycles. The number of esters is 1. The minimum atomic E-state index is -1.10. The van der Waals surface area contributed by atoms with E-state index in [1.807, 2.05) is 0 Å². The number of hydrogen-bond acceptors (Lipinski definition) is 6. The minimum absolute atomic E-state index is 0.0529. The molecule has 0 fully saturated rings. The standard InChI is InChI=1S/C14H12N2O5/c1-20-14(19)9-2-3-10(15-6-9)8-21-11-4-5-12(13(17)18)16-7-11/h2-7H,8H2,1H3,(H,17,18). The molecule has 0 aromatic carbocycles. The summed E-state index contributed by atoms with van der Waals surface area (Å²) in [5.74, 6) is -1.12. The van der Waals surface area contributed by atoms with Gasteiger partial charge in [0.1, 0.15) is 18.1 Å². The first-order valence-electron chi connectivity index (χ1n) is 5.95. The van der Waals surface area contributed by atoms with E-state index in [1.54, 1.807) is 12.1 Å². The highest BCUT2D eigenvalue weighted by Gasteiger charge is 2.07. The maximum atomic E-state index is 11.2. The third kappa shape index (κ3) is 3.75. The van der Waals surface area contributed by atoms with Crippen molar-refractivity contribution in [1.29, 1.82) is 0 Å². The van der Waals surface area contributed by atoms with Gasteiger partial charge < -0.3 is 14.6 Å². The Morgan fingerprint density at radius 1 is 1.14 bits per heavy atom. The first kappa shape index (κ1) is 14.4. The highest BCUT2D eigenvalue weighted by atomic mass is 16.5. The van der Waals surface area contributed by atoms with Gasteiger partial charge in [-0.15, -0.1) is 0 Å². The lowest BCUT2D eigenvalue weighted by atomic mass is 10.2. The monoisotopic (exact) mass is 288 g/mol. The zero-order valence-corrected chi connectivity index (χ0v) is 11.1. The minimum Gasteiger partial charge on any atom is -0.486 e. The summed E-state index contributed by atoms with van der Waals surface area (Å²) in [5.41, 5.74) is 0.918. The fourth-order valence-corrected chi connectivity index (χ4v) is 1.50. The molecule has 0 bridgehead atoms. The van der Waals surface area contributed by atoms with Gasteiger partial charge in [0.25, 0.3) is 0 Å². The summed E-state index contributed by atoms with van der Waals surface area (Å²) in [4.78, 5) is 29.7. The van der Waals surface area contributed by atoms with Crippen LogP contribution in [0.1, 0.15) is 26.5 Å². The van der Waals surface area contributed by atoms with E-state index >= 15 is 0 Å². The number of carboxylic acids is 1. The predicted molar refractivity (Wildman–Crippen MR) is 71.1 cm³/mol. The molecule has 0 saturated carbocycles. The molecule has 0 aliphatic rings. The fourth-order valence-electron chi connectivity index (χ4n) is 1.50. The van der Waals surface area contributed by atoms with Crippen LogP contribution in [0.15, 0.2) is 36.7 Å². The van der Waals surface area contributed by atoms with Crippen LogP contribution >= 0.6 is 0 Å². The molecule has 0 aliphatic heterocycles. The SMILES string of the molecule is COC(=O)c1ccc(COc2ccc(C(=O)O)nc2)nc1. The smallest absolute Gasteiger partial charge is 0.354 e. The van der Waals surface area contributed by atoms with Crippen molar-refractivity contribution in [3.63, 3.8) is 0 Å². The highest BCUT2D eigenvalue weighted by Crippen LogP contribution is 2.11. The van der Waals surface area contributed by atoms with E-state index in [-0.39, 0.29) is 12.3 Å². The molecule has 21 heavy (non-hydrogen) atoms. The third-order valence-electron chi connectivity index (χ3n) is 2.59. The number of carboxylic acid groups (broad SMARTS) is 1. The Kier molecular flexibility index (Phi) is 4.45. The van der Waals surface area contributed by atoms with Crippen molar-refractivity contribution in [3.8, 4) is 5.75 Å². The summed E-state index contributed by atoms with van der Waals surface area (Å²) in [6.07, 6.45) is 2.72. The second-order valence-corrected chi connectivity index (χ2v) is 4.00. The number of nitrogens with zero attached hydrogens (tertiary/aromatic N) is 2. The molecule has 0 unspecified atom stereocenters. The Morgan fingerprint density at radius 3 is 2.48 bits per heavy atom. The molecule has 108 valence electrons. The van der Waals surface area contributed by atoms with Crippen molar-refractivity contribution < 1.29 is 24.2 Å². The predicted octanol–water partition coefficient (Wildman–Crippen LogP) is 1.54. The Morgan fingerprint density at radius 2 is 1.95 bits per heavy atom. The van der Waals surface area contributed by atoms with E-state index in [4.69, 9.17) is 9.84 Å². The molecular formula is C14H12N2O5. The van der Waals surface area contributed by atoms with Crippen LogP contribution in [0.2, 0.25) is 0 Å². The van der Waals surface area contributed by atoms with Crippen LogP contribution in [-0.4, -0.2) is 34.1 Å². The number of pyridine rings is 2. The van der Waals surface area contributed by atoms with E-state index in [0.717, 1.165) is 0 Å². The van der Waals surface area contributed by atoms with Crippen LogP contribution in [0.4, 0.5) is 0 Å². The summed E-state index contributed by atoms with van der Waals surface area (Å²) in [6.45, 7) is 0.176. The quantitative estimate of drug-likeness (QED) is 0.833. The molecule has 0 radical (unpaired) electrons. The van der Waals surface area contributed by atoms with Crippen molar-refractivity contribution in [2.75, 3.05) is 7.11 Å². The number of carbonyl (C=O) groups is 2. The summed E-state index contributed by atoms with van der Waals surface area (Å²) in [6, 6.07) is 6.10. The Bertz CT molecular complexity index is 637. The molecular weight excluding hydrogens is 276 g/mol. The molecule has 2 aromatic rings. The number of hydrogen-bond donors (Lipinski definition) is 1. The second-order valence-electron chi connectivity index (χ2n) is 4.00. The van der Waals surface area contributed by atoms with Crippen molar-refractivity contribution in [2.45, 2.75) is 6.61 Å². The average Bonchev–Trinajstić information content (AvgIpc) is 2.53. The first-order chi connectivity index (χ1) is 10.1. The normalized spacial score (nSPS) is 9.95. The van der Waals surface area contributed by atoms with Gasteiger partial charge in [0, 0.05) is 6.20 Å². The Balaban J connectivity index is 1.96. The average molecular weight is 288 g/mol. The van der Waals surface area contributed by atoms with Gasteiger partial charge in [-0.2, -0.15) is 0 Å². The summed E-state index contributed by atoms with van der Waals surface area (Å²) in [7, 11) is 1.30. The van der Waals surface area contributed by atoms with E-state index in [9.17, 15) is 9.59 Å². The van der Waals surface area contributed by atoms with Gasteiger partial charge in [0.05, 0.1) is 24.6 Å². The van der Waals surface area contributed by atoms with Crippen LogP contribution < -0.4 is 4.74 Å². The van der Waals surface area contributed by atoms with E-state index in [0.29, 0.717) is 17.0 Å². The number of aromatic nitrogens is 2. The molecule has 7 heteroatoms. The van der Waals surface area contributed by atoms with Crippen molar-refractivity contribution in [1.82, 2.24) is 9.97 Å². The van der Waals surface area contributed by atoms with Crippen LogP contribution in [0.3, 0.4) is 0 Å².